The van der Waals surface area contributed by atoms with Gasteiger partial charge < -0.3 is 0 Å². The summed E-state index contributed by atoms with van der Waals surface area (Å²) < 4.78 is 1.90. The number of aromatic nitrogens is 1. The van der Waals surface area contributed by atoms with Gasteiger partial charge in [0.1, 0.15) is 0 Å². The van der Waals surface area contributed by atoms with Gasteiger partial charge in [0.25, 0.3) is 5.91 Å². The van der Waals surface area contributed by atoms with Crippen LogP contribution in [0.15, 0.2) is 76.3 Å². The van der Waals surface area contributed by atoms with E-state index in [9.17, 15) is 14.4 Å². The molecule has 7 nitrogen and oxygen atoms in total. The number of rotatable bonds is 5. The number of anilines is 2. The Bertz CT molecular complexity index is 1460. The van der Waals surface area contributed by atoms with Crippen molar-refractivity contribution in [3.63, 3.8) is 0 Å². The van der Waals surface area contributed by atoms with Crippen LogP contribution in [0.1, 0.15) is 34.3 Å². The molecule has 5 rings (SSSR count). The summed E-state index contributed by atoms with van der Waals surface area (Å²) in [5.74, 6) is -0.848. The van der Waals surface area contributed by atoms with Crippen LogP contribution >= 0.6 is 27.3 Å². The van der Waals surface area contributed by atoms with Crippen molar-refractivity contribution in [3.05, 3.63) is 87.9 Å². The third-order valence-electron chi connectivity index (χ3n) is 5.52. The number of aryl methyl sites for hydroxylation is 1. The van der Waals surface area contributed by atoms with Gasteiger partial charge in [-0.3, -0.25) is 19.3 Å². The number of nitrogens with zero attached hydrogens (tertiary/aromatic N) is 4. The van der Waals surface area contributed by atoms with Crippen molar-refractivity contribution in [3.8, 4) is 0 Å². The number of hydrogen-bond donors (Lipinski definition) is 0. The summed E-state index contributed by atoms with van der Waals surface area (Å²) in [5.41, 5.74) is 3.52. The van der Waals surface area contributed by atoms with E-state index in [0.717, 1.165) is 30.7 Å². The van der Waals surface area contributed by atoms with Gasteiger partial charge in [0.15, 0.2) is 0 Å². The average molecular weight is 547 g/mol. The van der Waals surface area contributed by atoms with E-state index >= 15 is 0 Å². The second-order valence-corrected chi connectivity index (χ2v) is 9.98. The molecule has 0 N–H and O–H groups in total. The largest absolute Gasteiger partial charge is 0.280 e. The summed E-state index contributed by atoms with van der Waals surface area (Å²) in [5, 5.41) is 6.21. The van der Waals surface area contributed by atoms with Crippen LogP contribution in [0.25, 0.3) is 10.2 Å². The molecule has 1 fully saturated rings. The van der Waals surface area contributed by atoms with Gasteiger partial charge in [0.2, 0.25) is 16.9 Å². The van der Waals surface area contributed by atoms with Crippen LogP contribution in [-0.2, 0) is 9.59 Å². The maximum atomic E-state index is 13.5. The lowest BCUT2D eigenvalue weighted by Gasteiger charge is -2.16. The molecule has 9 heteroatoms. The Labute approximate surface area is 213 Å². The molecule has 0 aliphatic carbocycles. The number of benzene rings is 3. The van der Waals surface area contributed by atoms with E-state index in [1.165, 1.54) is 16.3 Å². The number of carbonyl (C=O) groups is 3. The third-order valence-corrected chi connectivity index (χ3v) is 7.04. The van der Waals surface area contributed by atoms with Crippen molar-refractivity contribution < 1.29 is 14.4 Å². The van der Waals surface area contributed by atoms with Crippen LogP contribution in [0, 0.1) is 6.92 Å². The molecule has 1 aliphatic heterocycles. The maximum Gasteiger partial charge on any atom is 0.280 e. The van der Waals surface area contributed by atoms with E-state index in [1.54, 1.807) is 30.5 Å². The van der Waals surface area contributed by atoms with E-state index in [4.69, 9.17) is 0 Å². The van der Waals surface area contributed by atoms with E-state index < -0.39 is 0 Å². The summed E-state index contributed by atoms with van der Waals surface area (Å²) in [6.45, 7) is 2.00. The zero-order chi connectivity index (χ0) is 24.5. The summed E-state index contributed by atoms with van der Waals surface area (Å²) in [4.78, 5) is 43.4. The van der Waals surface area contributed by atoms with Crippen LogP contribution in [0.2, 0.25) is 0 Å². The Morgan fingerprint density at radius 2 is 1.71 bits per heavy atom. The van der Waals surface area contributed by atoms with Crippen LogP contribution in [0.5, 0.6) is 0 Å². The molecule has 174 valence electrons. The van der Waals surface area contributed by atoms with Crippen molar-refractivity contribution in [2.45, 2.75) is 19.8 Å². The Morgan fingerprint density at radius 1 is 1.03 bits per heavy atom. The minimum absolute atomic E-state index is 0.204. The number of fused-ring (bicyclic) bond motifs is 1. The van der Waals surface area contributed by atoms with Gasteiger partial charge in [-0.05, 0) is 66.6 Å². The minimum Gasteiger partial charge on any atom is -0.274 e. The molecule has 2 heterocycles. The van der Waals surface area contributed by atoms with Crippen molar-refractivity contribution in [1.29, 1.82) is 0 Å². The van der Waals surface area contributed by atoms with Gasteiger partial charge in [-0.1, -0.05) is 45.5 Å². The molecule has 0 saturated carbocycles. The molecule has 35 heavy (non-hydrogen) atoms. The monoisotopic (exact) mass is 546 g/mol. The number of hydrogen-bond acceptors (Lipinski definition) is 6. The lowest BCUT2D eigenvalue weighted by atomic mass is 10.2. The Morgan fingerprint density at radius 3 is 2.40 bits per heavy atom. The SMILES string of the molecule is Cc1ccc2nc(N(/N=C/c3ccc(Br)cc3)C(=O)c3ccc(N4C(=O)CCC4=O)cc3)sc2c1. The fourth-order valence-electron chi connectivity index (χ4n) is 3.71. The van der Waals surface area contributed by atoms with Gasteiger partial charge in [-0.2, -0.15) is 10.1 Å². The highest BCUT2D eigenvalue weighted by molar-refractivity contribution is 9.10. The molecule has 1 aromatic heterocycles. The zero-order valence-corrected chi connectivity index (χ0v) is 21.0. The molecule has 0 radical (unpaired) electrons. The maximum absolute atomic E-state index is 13.5. The van der Waals surface area contributed by atoms with Gasteiger partial charge in [0, 0.05) is 22.9 Å². The normalized spacial score (nSPS) is 13.8. The Kier molecular flexibility index (Phi) is 6.27. The molecule has 3 amide bonds. The number of carbonyl (C=O) groups excluding carboxylic acids is 3. The molecule has 0 bridgehead atoms. The predicted molar refractivity (Wildman–Crippen MR) is 141 cm³/mol. The molecular formula is C26H19BrN4O3S. The number of thiazole rings is 1. The van der Waals surface area contributed by atoms with Crippen LogP contribution in [0.3, 0.4) is 0 Å². The van der Waals surface area contributed by atoms with E-state index in [0.29, 0.717) is 16.4 Å². The zero-order valence-electron chi connectivity index (χ0n) is 18.6. The quantitative estimate of drug-likeness (QED) is 0.182. The first-order chi connectivity index (χ1) is 16.9. The molecular weight excluding hydrogens is 528 g/mol. The second-order valence-electron chi connectivity index (χ2n) is 8.05. The average Bonchev–Trinajstić information content (AvgIpc) is 3.42. The number of imide groups is 1. The number of halogens is 1. The van der Waals surface area contributed by atoms with Crippen molar-refractivity contribution in [2.24, 2.45) is 5.10 Å². The Balaban J connectivity index is 1.50. The standard InChI is InChI=1S/C26H19BrN4O3S/c1-16-2-11-21-22(14-16)35-26(29-21)31(28-15-17-3-7-19(27)8-4-17)25(34)18-5-9-20(10-6-18)30-23(32)12-13-24(30)33/h2-11,14-15H,12-13H2,1H3/b28-15+. The van der Waals surface area contributed by atoms with Crippen molar-refractivity contribution in [2.75, 3.05) is 9.91 Å². The molecule has 4 aromatic rings. The first-order valence-electron chi connectivity index (χ1n) is 10.9. The van der Waals surface area contributed by atoms with E-state index in [-0.39, 0.29) is 30.6 Å². The lowest BCUT2D eigenvalue weighted by molar-refractivity contribution is -0.121. The summed E-state index contributed by atoms with van der Waals surface area (Å²) in [6.07, 6.45) is 2.02. The summed E-state index contributed by atoms with van der Waals surface area (Å²) in [7, 11) is 0. The summed E-state index contributed by atoms with van der Waals surface area (Å²) in [6, 6.07) is 19.9. The fourth-order valence-corrected chi connectivity index (χ4v) is 5.00. The predicted octanol–water partition coefficient (Wildman–Crippen LogP) is 5.70. The molecule has 1 aliphatic rings. The van der Waals surface area contributed by atoms with Gasteiger partial charge in [-0.15, -0.1) is 0 Å². The highest BCUT2D eigenvalue weighted by Crippen LogP contribution is 2.31. The molecule has 1 saturated heterocycles. The fraction of sp³-hybridized carbons (Fsp3) is 0.115. The topological polar surface area (TPSA) is 82.9 Å². The summed E-state index contributed by atoms with van der Waals surface area (Å²) >= 11 is 4.80. The second kappa shape index (κ2) is 9.52. The van der Waals surface area contributed by atoms with E-state index in [2.05, 4.69) is 26.0 Å². The highest BCUT2D eigenvalue weighted by atomic mass is 79.9. The number of amides is 3. The number of hydrazone groups is 1. The van der Waals surface area contributed by atoms with Crippen LogP contribution in [0.4, 0.5) is 10.8 Å². The van der Waals surface area contributed by atoms with Crippen LogP contribution in [-0.4, -0.2) is 28.9 Å². The van der Waals surface area contributed by atoms with E-state index in [1.807, 2.05) is 49.4 Å². The van der Waals surface area contributed by atoms with Crippen LogP contribution < -0.4 is 9.91 Å². The van der Waals surface area contributed by atoms with Gasteiger partial charge >= 0.3 is 0 Å². The van der Waals surface area contributed by atoms with Gasteiger partial charge in [-0.25, -0.2) is 4.98 Å². The molecule has 0 spiro atoms. The first kappa shape index (κ1) is 23.1. The third kappa shape index (κ3) is 4.78. The van der Waals surface area contributed by atoms with Crippen molar-refractivity contribution >= 4 is 72.2 Å². The first-order valence-corrected chi connectivity index (χ1v) is 12.5. The van der Waals surface area contributed by atoms with Gasteiger partial charge in [0.05, 0.1) is 22.1 Å². The molecule has 0 unspecified atom stereocenters. The Hall–Kier alpha value is -3.69. The molecule has 3 aromatic carbocycles. The highest BCUT2D eigenvalue weighted by Gasteiger charge is 2.30. The lowest BCUT2D eigenvalue weighted by Crippen LogP contribution is -2.29. The minimum atomic E-state index is -0.375. The smallest absolute Gasteiger partial charge is 0.274 e. The van der Waals surface area contributed by atoms with Crippen molar-refractivity contribution in [1.82, 2.24) is 4.98 Å². The molecule has 0 atom stereocenters.